The van der Waals surface area contributed by atoms with Gasteiger partial charge in [0, 0.05) is 16.6 Å². The molecule has 0 aromatic heterocycles. The molecule has 0 saturated heterocycles. The van der Waals surface area contributed by atoms with Crippen molar-refractivity contribution >= 4 is 5.69 Å². The molecule has 62 valence electrons. The van der Waals surface area contributed by atoms with Crippen LogP contribution in [0.1, 0.15) is 18.5 Å². The van der Waals surface area contributed by atoms with Crippen LogP contribution in [0.2, 0.25) is 0 Å². The summed E-state index contributed by atoms with van der Waals surface area (Å²) in [6.45, 7) is 1.85. The van der Waals surface area contributed by atoms with Gasteiger partial charge in [-0.25, -0.2) is 0 Å². The van der Waals surface area contributed by atoms with Crippen LogP contribution in [0.4, 0.5) is 5.69 Å². The molecule has 0 aliphatic heterocycles. The van der Waals surface area contributed by atoms with Gasteiger partial charge in [0.05, 0.1) is 0 Å². The molecule has 0 heterocycles. The third kappa shape index (κ3) is 1.75. The first-order valence-corrected chi connectivity index (χ1v) is 3.65. The van der Waals surface area contributed by atoms with Gasteiger partial charge in [-0.2, -0.15) is 0 Å². The van der Waals surface area contributed by atoms with Crippen LogP contribution in [0.3, 0.4) is 0 Å². The maximum Gasteiger partial charge on any atom is 0.0422 e. The van der Waals surface area contributed by atoms with E-state index in [1.54, 1.807) is 6.07 Å². The number of hydrogen-bond donors (Lipinski definition) is 1. The maximum absolute atomic E-state index is 8.24. The second kappa shape index (κ2) is 3.76. The number of nitrogens with two attached hydrogens (primary N) is 1. The van der Waals surface area contributed by atoms with E-state index in [9.17, 15) is 0 Å². The first-order chi connectivity index (χ1) is 5.75. The molecule has 0 fully saturated rings. The molecule has 0 aliphatic rings. The van der Waals surface area contributed by atoms with Crippen LogP contribution in [-0.4, -0.2) is 0 Å². The van der Waals surface area contributed by atoms with Crippen molar-refractivity contribution in [1.29, 1.82) is 0 Å². The molecular weight excluding hydrogens is 152 g/mol. The molecule has 0 amide bonds. The lowest BCUT2D eigenvalue weighted by Gasteiger charge is -2.07. The zero-order valence-electron chi connectivity index (χ0n) is 6.81. The molecule has 0 spiro atoms. The summed E-state index contributed by atoms with van der Waals surface area (Å²) in [6.07, 6.45) is 0. The quantitative estimate of drug-likeness (QED) is 0.405. The Morgan fingerprint density at radius 1 is 1.50 bits per heavy atom. The van der Waals surface area contributed by atoms with Gasteiger partial charge in [-0.3, -0.25) is 0 Å². The molecule has 1 atom stereocenters. The normalized spacial score (nSPS) is 11.8. The topological polar surface area (TPSA) is 74.8 Å². The summed E-state index contributed by atoms with van der Waals surface area (Å²) in [6, 6.07) is 7.18. The molecule has 1 aromatic rings. The Bertz CT molecular complexity index is 313. The predicted octanol–water partition coefficient (Wildman–Crippen LogP) is 2.65. The summed E-state index contributed by atoms with van der Waals surface area (Å²) in [7, 11) is 0. The van der Waals surface area contributed by atoms with Crippen molar-refractivity contribution in [2.75, 3.05) is 0 Å². The fraction of sp³-hybridized carbons (Fsp3) is 0.250. The van der Waals surface area contributed by atoms with Crippen molar-refractivity contribution in [3.05, 3.63) is 40.3 Å². The minimum atomic E-state index is -0.105. The molecule has 1 rings (SSSR count). The lowest BCUT2D eigenvalue weighted by atomic mass is 10.1. The molecule has 12 heavy (non-hydrogen) atoms. The summed E-state index contributed by atoms with van der Waals surface area (Å²) in [4.78, 5) is 2.72. The van der Waals surface area contributed by atoms with Gasteiger partial charge in [-0.15, -0.1) is 0 Å². The van der Waals surface area contributed by atoms with Gasteiger partial charge in [0.15, 0.2) is 0 Å². The Hall–Kier alpha value is -1.51. The number of hydrogen-bond acceptors (Lipinski definition) is 2. The lowest BCUT2D eigenvalue weighted by Crippen LogP contribution is -2.04. The fourth-order valence-corrected chi connectivity index (χ4v) is 1.01. The molecule has 0 radical (unpaired) electrons. The molecule has 2 N–H and O–H groups in total. The Labute approximate surface area is 70.6 Å². The third-order valence-electron chi connectivity index (χ3n) is 1.58. The van der Waals surface area contributed by atoms with Gasteiger partial charge in [-0.1, -0.05) is 29.4 Å². The summed E-state index contributed by atoms with van der Waals surface area (Å²) >= 11 is 0. The highest BCUT2D eigenvalue weighted by atomic mass is 15.1. The Balaban J connectivity index is 3.17. The van der Waals surface area contributed by atoms with Crippen molar-refractivity contribution < 1.29 is 0 Å². The maximum atomic E-state index is 8.24. The van der Waals surface area contributed by atoms with Crippen LogP contribution in [0.25, 0.3) is 10.4 Å². The molecule has 0 saturated carbocycles. The Morgan fingerprint density at radius 3 is 2.75 bits per heavy atom. The predicted molar refractivity (Wildman–Crippen MR) is 47.9 cm³/mol. The molecule has 0 bridgehead atoms. The number of azide groups is 1. The van der Waals surface area contributed by atoms with Crippen LogP contribution in [-0.2, 0) is 0 Å². The van der Waals surface area contributed by atoms with E-state index in [0.29, 0.717) is 5.69 Å². The second-order valence-electron chi connectivity index (χ2n) is 2.54. The van der Waals surface area contributed by atoms with Gasteiger partial charge < -0.3 is 5.73 Å². The molecule has 4 heteroatoms. The van der Waals surface area contributed by atoms with Crippen molar-refractivity contribution in [1.82, 2.24) is 0 Å². The van der Waals surface area contributed by atoms with E-state index in [-0.39, 0.29) is 6.04 Å². The minimum Gasteiger partial charge on any atom is -0.324 e. The highest BCUT2D eigenvalue weighted by molar-refractivity contribution is 5.46. The summed E-state index contributed by atoms with van der Waals surface area (Å²) < 4.78 is 0. The largest absolute Gasteiger partial charge is 0.324 e. The molecule has 1 aromatic carbocycles. The highest BCUT2D eigenvalue weighted by Crippen LogP contribution is 2.23. The zero-order valence-corrected chi connectivity index (χ0v) is 6.81. The van der Waals surface area contributed by atoms with E-state index >= 15 is 0 Å². The molecular formula is C8H10N4. The van der Waals surface area contributed by atoms with Crippen molar-refractivity contribution in [2.45, 2.75) is 13.0 Å². The lowest BCUT2D eigenvalue weighted by molar-refractivity contribution is 0.818. The van der Waals surface area contributed by atoms with Gasteiger partial charge in [0.25, 0.3) is 0 Å². The van der Waals surface area contributed by atoms with E-state index < -0.39 is 0 Å². The Kier molecular flexibility index (Phi) is 2.69. The van der Waals surface area contributed by atoms with Crippen LogP contribution < -0.4 is 5.73 Å². The molecule has 4 nitrogen and oxygen atoms in total. The van der Waals surface area contributed by atoms with Crippen molar-refractivity contribution in [3.63, 3.8) is 0 Å². The van der Waals surface area contributed by atoms with Crippen LogP contribution in [0.15, 0.2) is 29.4 Å². The summed E-state index contributed by atoms with van der Waals surface area (Å²) in [5.41, 5.74) is 15.4. The van der Waals surface area contributed by atoms with Crippen LogP contribution in [0, 0.1) is 0 Å². The SMILES string of the molecule is C[C@@H](N)c1ccccc1N=[N+]=[N-]. The Morgan fingerprint density at radius 2 is 2.17 bits per heavy atom. The molecule has 0 unspecified atom stereocenters. The number of rotatable bonds is 2. The van der Waals surface area contributed by atoms with Gasteiger partial charge in [0.2, 0.25) is 0 Å². The van der Waals surface area contributed by atoms with E-state index in [1.807, 2.05) is 25.1 Å². The van der Waals surface area contributed by atoms with E-state index in [4.69, 9.17) is 11.3 Å². The first kappa shape index (κ1) is 8.59. The standard InChI is InChI=1S/C8H10N4/c1-6(9)7-4-2-3-5-8(7)11-12-10/h2-6H,9H2,1H3/t6-/m1/s1. The van der Waals surface area contributed by atoms with Gasteiger partial charge in [0.1, 0.15) is 0 Å². The third-order valence-corrected chi connectivity index (χ3v) is 1.58. The average Bonchev–Trinajstić information content (AvgIpc) is 2.05. The minimum absolute atomic E-state index is 0.105. The van der Waals surface area contributed by atoms with E-state index in [2.05, 4.69) is 10.0 Å². The van der Waals surface area contributed by atoms with E-state index in [0.717, 1.165) is 5.56 Å². The zero-order chi connectivity index (χ0) is 8.97. The first-order valence-electron chi connectivity index (χ1n) is 3.65. The van der Waals surface area contributed by atoms with Crippen LogP contribution >= 0.6 is 0 Å². The molecule has 0 aliphatic carbocycles. The summed E-state index contributed by atoms with van der Waals surface area (Å²) in [5.74, 6) is 0. The average molecular weight is 162 g/mol. The second-order valence-corrected chi connectivity index (χ2v) is 2.54. The monoisotopic (exact) mass is 162 g/mol. The number of nitrogens with zero attached hydrogens (tertiary/aromatic N) is 3. The van der Waals surface area contributed by atoms with Crippen LogP contribution in [0.5, 0.6) is 0 Å². The highest BCUT2D eigenvalue weighted by Gasteiger charge is 2.02. The summed E-state index contributed by atoms with van der Waals surface area (Å²) in [5, 5.41) is 3.53. The van der Waals surface area contributed by atoms with Gasteiger partial charge >= 0.3 is 0 Å². The fourth-order valence-electron chi connectivity index (χ4n) is 1.01. The van der Waals surface area contributed by atoms with Gasteiger partial charge in [-0.05, 0) is 18.0 Å². The van der Waals surface area contributed by atoms with Crippen molar-refractivity contribution in [3.8, 4) is 0 Å². The number of benzene rings is 1. The van der Waals surface area contributed by atoms with E-state index in [1.165, 1.54) is 0 Å². The van der Waals surface area contributed by atoms with Crippen molar-refractivity contribution in [2.24, 2.45) is 10.8 Å². The smallest absolute Gasteiger partial charge is 0.0422 e.